The van der Waals surface area contributed by atoms with Gasteiger partial charge in [0.2, 0.25) is 0 Å². The molecule has 3 nitrogen and oxygen atoms in total. The highest BCUT2D eigenvalue weighted by atomic mass is 16.5. The highest BCUT2D eigenvalue weighted by Gasteiger charge is 2.23. The maximum absolute atomic E-state index is 10.9. The zero-order valence-corrected chi connectivity index (χ0v) is 7.88. The summed E-state index contributed by atoms with van der Waals surface area (Å²) < 4.78 is 5.29. The Kier molecular flexibility index (Phi) is 3.69. The monoisotopic (exact) mass is 171 g/mol. The number of rotatable bonds is 4. The third-order valence-electron chi connectivity index (χ3n) is 2.24. The molecule has 1 atom stereocenters. The second-order valence-corrected chi connectivity index (χ2v) is 3.27. The molecule has 0 saturated carbocycles. The molecule has 0 aromatic heterocycles. The van der Waals surface area contributed by atoms with Crippen LogP contribution in [0.1, 0.15) is 20.3 Å². The van der Waals surface area contributed by atoms with E-state index in [2.05, 4.69) is 11.8 Å². The highest BCUT2D eigenvalue weighted by molar-refractivity contribution is 5.82. The first-order valence-corrected chi connectivity index (χ1v) is 4.57. The number of likely N-dealkylation sites (tertiary alicyclic amines) is 1. The third kappa shape index (κ3) is 2.57. The molecule has 0 aromatic carbocycles. The van der Waals surface area contributed by atoms with Crippen LogP contribution in [0.4, 0.5) is 0 Å². The minimum atomic E-state index is 0.360. The van der Waals surface area contributed by atoms with Crippen molar-refractivity contribution in [2.24, 2.45) is 0 Å². The van der Waals surface area contributed by atoms with Gasteiger partial charge in [0, 0.05) is 25.6 Å². The molecule has 1 heterocycles. The van der Waals surface area contributed by atoms with E-state index < -0.39 is 0 Å². The molecule has 3 heteroatoms. The van der Waals surface area contributed by atoms with Crippen molar-refractivity contribution >= 4 is 5.78 Å². The Morgan fingerprint density at radius 2 is 2.42 bits per heavy atom. The molecule has 0 aromatic rings. The summed E-state index contributed by atoms with van der Waals surface area (Å²) in [7, 11) is 0. The van der Waals surface area contributed by atoms with Gasteiger partial charge < -0.3 is 4.74 Å². The zero-order chi connectivity index (χ0) is 8.97. The van der Waals surface area contributed by atoms with Crippen LogP contribution in [0.5, 0.6) is 0 Å². The van der Waals surface area contributed by atoms with Gasteiger partial charge in [-0.15, -0.1) is 0 Å². The van der Waals surface area contributed by atoms with Crippen LogP contribution in [0.25, 0.3) is 0 Å². The molecule has 1 unspecified atom stereocenters. The lowest BCUT2D eigenvalue weighted by molar-refractivity contribution is -0.117. The molecule has 1 aliphatic rings. The fourth-order valence-electron chi connectivity index (χ4n) is 1.42. The summed E-state index contributed by atoms with van der Waals surface area (Å²) in [5.41, 5.74) is 0. The Hall–Kier alpha value is -0.410. The molecule has 0 N–H and O–H groups in total. The van der Waals surface area contributed by atoms with Crippen LogP contribution < -0.4 is 0 Å². The minimum Gasteiger partial charge on any atom is -0.380 e. The Morgan fingerprint density at radius 3 is 2.92 bits per heavy atom. The lowest BCUT2D eigenvalue weighted by atomic mass is 10.3. The SMILES string of the molecule is CCOCC(C)N1CCC(=O)C1. The van der Waals surface area contributed by atoms with E-state index in [-0.39, 0.29) is 0 Å². The van der Waals surface area contributed by atoms with Crippen LogP contribution in [0.2, 0.25) is 0 Å². The van der Waals surface area contributed by atoms with Crippen LogP contribution in [0.15, 0.2) is 0 Å². The van der Waals surface area contributed by atoms with Crippen molar-refractivity contribution in [1.82, 2.24) is 4.90 Å². The van der Waals surface area contributed by atoms with Gasteiger partial charge in [-0.05, 0) is 13.8 Å². The van der Waals surface area contributed by atoms with Crippen molar-refractivity contribution in [3.05, 3.63) is 0 Å². The summed E-state index contributed by atoms with van der Waals surface area (Å²) in [5, 5.41) is 0. The second kappa shape index (κ2) is 4.58. The van der Waals surface area contributed by atoms with E-state index in [9.17, 15) is 4.79 Å². The number of nitrogens with zero attached hydrogens (tertiary/aromatic N) is 1. The molecule has 1 fully saturated rings. The molecule has 0 aliphatic carbocycles. The van der Waals surface area contributed by atoms with Crippen LogP contribution in [0, 0.1) is 0 Å². The van der Waals surface area contributed by atoms with Crippen molar-refractivity contribution < 1.29 is 9.53 Å². The number of Topliss-reactive ketones (excluding diaryl/α,β-unsaturated/α-hetero) is 1. The summed E-state index contributed by atoms with van der Waals surface area (Å²) in [6, 6.07) is 0.386. The van der Waals surface area contributed by atoms with Gasteiger partial charge in [-0.2, -0.15) is 0 Å². The van der Waals surface area contributed by atoms with Gasteiger partial charge in [0.1, 0.15) is 5.78 Å². The number of ketones is 1. The normalized spacial score (nSPS) is 21.7. The molecule has 0 bridgehead atoms. The standard InChI is InChI=1S/C9H17NO2/c1-3-12-7-8(2)10-5-4-9(11)6-10/h8H,3-7H2,1-2H3. The van der Waals surface area contributed by atoms with Crippen molar-refractivity contribution in [3.63, 3.8) is 0 Å². The average molecular weight is 171 g/mol. The van der Waals surface area contributed by atoms with Crippen LogP contribution >= 0.6 is 0 Å². The molecule has 0 spiro atoms. The lowest BCUT2D eigenvalue weighted by Crippen LogP contribution is -2.34. The third-order valence-corrected chi connectivity index (χ3v) is 2.24. The van der Waals surface area contributed by atoms with E-state index in [0.29, 0.717) is 18.4 Å². The molecule has 1 saturated heterocycles. The van der Waals surface area contributed by atoms with Crippen LogP contribution in [-0.2, 0) is 9.53 Å². The fraction of sp³-hybridized carbons (Fsp3) is 0.889. The first-order chi connectivity index (χ1) is 5.74. The Morgan fingerprint density at radius 1 is 1.67 bits per heavy atom. The van der Waals surface area contributed by atoms with Gasteiger partial charge in [-0.1, -0.05) is 0 Å². The summed E-state index contributed by atoms with van der Waals surface area (Å²) in [5.74, 6) is 0.360. The molecule has 0 radical (unpaired) electrons. The first-order valence-electron chi connectivity index (χ1n) is 4.57. The maximum Gasteiger partial charge on any atom is 0.148 e. The summed E-state index contributed by atoms with van der Waals surface area (Å²) in [6.45, 7) is 7.12. The van der Waals surface area contributed by atoms with E-state index >= 15 is 0 Å². The second-order valence-electron chi connectivity index (χ2n) is 3.27. The van der Waals surface area contributed by atoms with E-state index in [1.165, 1.54) is 0 Å². The Balaban J connectivity index is 2.23. The molecular weight excluding hydrogens is 154 g/mol. The Bertz CT molecular complexity index is 159. The number of carbonyl (C=O) groups excluding carboxylic acids is 1. The lowest BCUT2D eigenvalue weighted by Gasteiger charge is -2.22. The smallest absolute Gasteiger partial charge is 0.148 e. The minimum absolute atomic E-state index is 0.360. The molecule has 1 aliphatic heterocycles. The molecule has 0 amide bonds. The predicted molar refractivity (Wildman–Crippen MR) is 47.2 cm³/mol. The van der Waals surface area contributed by atoms with Gasteiger partial charge in [-0.3, -0.25) is 9.69 Å². The molecule has 70 valence electrons. The quantitative estimate of drug-likeness (QED) is 0.623. The van der Waals surface area contributed by atoms with Gasteiger partial charge in [-0.25, -0.2) is 0 Å². The zero-order valence-electron chi connectivity index (χ0n) is 7.88. The van der Waals surface area contributed by atoms with Gasteiger partial charge in [0.05, 0.1) is 13.2 Å². The van der Waals surface area contributed by atoms with Crippen molar-refractivity contribution in [1.29, 1.82) is 0 Å². The number of hydrogen-bond donors (Lipinski definition) is 0. The van der Waals surface area contributed by atoms with Crippen molar-refractivity contribution in [2.75, 3.05) is 26.3 Å². The molecular formula is C9H17NO2. The van der Waals surface area contributed by atoms with Gasteiger partial charge >= 0.3 is 0 Å². The van der Waals surface area contributed by atoms with E-state index in [0.717, 1.165) is 26.2 Å². The predicted octanol–water partition coefficient (Wildman–Crippen LogP) is 0.686. The van der Waals surface area contributed by atoms with Crippen molar-refractivity contribution in [2.45, 2.75) is 26.3 Å². The average Bonchev–Trinajstić information content (AvgIpc) is 2.47. The van der Waals surface area contributed by atoms with Crippen LogP contribution in [0.3, 0.4) is 0 Å². The van der Waals surface area contributed by atoms with E-state index in [1.54, 1.807) is 0 Å². The highest BCUT2D eigenvalue weighted by Crippen LogP contribution is 2.08. The summed E-state index contributed by atoms with van der Waals surface area (Å²) in [4.78, 5) is 13.1. The fourth-order valence-corrected chi connectivity index (χ4v) is 1.42. The van der Waals surface area contributed by atoms with Crippen LogP contribution in [-0.4, -0.2) is 43.0 Å². The Labute approximate surface area is 73.7 Å². The molecule has 12 heavy (non-hydrogen) atoms. The molecule has 1 rings (SSSR count). The topological polar surface area (TPSA) is 29.5 Å². The summed E-state index contributed by atoms with van der Waals surface area (Å²) >= 11 is 0. The summed E-state index contributed by atoms with van der Waals surface area (Å²) in [6.07, 6.45) is 0.719. The van der Waals surface area contributed by atoms with E-state index in [1.807, 2.05) is 6.92 Å². The van der Waals surface area contributed by atoms with Gasteiger partial charge in [0.25, 0.3) is 0 Å². The number of carbonyl (C=O) groups is 1. The maximum atomic E-state index is 10.9. The van der Waals surface area contributed by atoms with Crippen molar-refractivity contribution in [3.8, 4) is 0 Å². The van der Waals surface area contributed by atoms with E-state index in [4.69, 9.17) is 4.74 Å². The number of hydrogen-bond acceptors (Lipinski definition) is 3. The largest absolute Gasteiger partial charge is 0.380 e. The van der Waals surface area contributed by atoms with Gasteiger partial charge in [0.15, 0.2) is 0 Å². The first kappa shape index (κ1) is 9.68. The number of ether oxygens (including phenoxy) is 1.